The quantitative estimate of drug-likeness (QED) is 0.725. The number of amides is 1. The number of rotatable bonds is 5. The molecule has 4 nitrogen and oxygen atoms in total. The van der Waals surface area contributed by atoms with Gasteiger partial charge in [0.2, 0.25) is 0 Å². The predicted octanol–water partition coefficient (Wildman–Crippen LogP) is 3.71. The molecule has 1 heterocycles. The summed E-state index contributed by atoms with van der Waals surface area (Å²) in [5.41, 5.74) is -0.490. The van der Waals surface area contributed by atoms with Crippen molar-refractivity contribution < 1.29 is 4.79 Å². The Balaban J connectivity index is 1.63. The Morgan fingerprint density at radius 2 is 1.55 bits per heavy atom. The summed E-state index contributed by atoms with van der Waals surface area (Å²) in [6.07, 6.45) is 16.2. The van der Waals surface area contributed by atoms with Crippen LogP contribution in [0.15, 0.2) is 0 Å². The Kier molecular flexibility index (Phi) is 5.04. The van der Waals surface area contributed by atoms with Gasteiger partial charge in [-0.25, -0.2) is 0 Å². The van der Waals surface area contributed by atoms with Gasteiger partial charge < -0.3 is 5.32 Å². The number of carbonyl (C=O) groups excluding carboxylic acids is 1. The summed E-state index contributed by atoms with van der Waals surface area (Å²) < 4.78 is 0. The highest BCUT2D eigenvalue weighted by Crippen LogP contribution is 2.36. The van der Waals surface area contributed by atoms with Crippen LogP contribution in [0.3, 0.4) is 0 Å². The smallest absolute Gasteiger partial charge is 0.252 e. The lowest BCUT2D eigenvalue weighted by atomic mass is 9.75. The highest BCUT2D eigenvalue weighted by Gasteiger charge is 2.45. The molecular weight excluding hydrogens is 274 g/mol. The van der Waals surface area contributed by atoms with Crippen LogP contribution in [-0.2, 0) is 4.79 Å². The minimum absolute atomic E-state index is 0.0545. The third kappa shape index (κ3) is 3.64. The van der Waals surface area contributed by atoms with E-state index in [-0.39, 0.29) is 11.9 Å². The summed E-state index contributed by atoms with van der Waals surface area (Å²) in [5.74, 6) is 1.72. The number of carbonyl (C=O) groups is 1. The molecule has 22 heavy (non-hydrogen) atoms. The van der Waals surface area contributed by atoms with Gasteiger partial charge in [0.1, 0.15) is 5.54 Å². The zero-order valence-electron chi connectivity index (χ0n) is 13.8. The van der Waals surface area contributed by atoms with Crippen LogP contribution in [0, 0.1) is 17.2 Å². The van der Waals surface area contributed by atoms with E-state index in [1.807, 2.05) is 0 Å². The first-order valence-electron chi connectivity index (χ1n) is 9.36. The summed E-state index contributed by atoms with van der Waals surface area (Å²) in [7, 11) is 0. The average molecular weight is 305 g/mol. The first kappa shape index (κ1) is 15.8. The van der Waals surface area contributed by atoms with Gasteiger partial charge in [-0.1, -0.05) is 64.2 Å². The minimum atomic E-state index is -0.490. The van der Waals surface area contributed by atoms with Gasteiger partial charge in [0.25, 0.3) is 5.91 Å². The molecule has 2 saturated carbocycles. The fourth-order valence-corrected chi connectivity index (χ4v) is 4.79. The molecule has 0 radical (unpaired) electrons. The molecule has 1 aliphatic heterocycles. The van der Waals surface area contributed by atoms with Crippen LogP contribution in [0.2, 0.25) is 0 Å². The predicted molar refractivity (Wildman–Crippen MR) is 88.7 cm³/mol. The highest BCUT2D eigenvalue weighted by molar-refractivity contribution is 6.07. The molecule has 0 bridgehead atoms. The van der Waals surface area contributed by atoms with Gasteiger partial charge in [-0.2, -0.15) is 0 Å². The van der Waals surface area contributed by atoms with Crippen molar-refractivity contribution in [2.75, 3.05) is 0 Å². The van der Waals surface area contributed by atoms with Crippen molar-refractivity contribution in [3.8, 4) is 0 Å². The topological polar surface area (TPSA) is 65.0 Å². The van der Waals surface area contributed by atoms with Crippen LogP contribution in [0.5, 0.6) is 0 Å². The van der Waals surface area contributed by atoms with Crippen LogP contribution in [0.4, 0.5) is 0 Å². The van der Waals surface area contributed by atoms with Crippen LogP contribution >= 0.6 is 0 Å². The van der Waals surface area contributed by atoms with E-state index in [0.29, 0.717) is 5.92 Å². The van der Waals surface area contributed by atoms with E-state index in [4.69, 9.17) is 5.41 Å². The van der Waals surface area contributed by atoms with Gasteiger partial charge in [0.15, 0.2) is 5.96 Å². The average Bonchev–Trinajstić information content (AvgIpc) is 2.81. The summed E-state index contributed by atoms with van der Waals surface area (Å²) in [6.45, 7) is 0. The summed E-state index contributed by atoms with van der Waals surface area (Å²) >= 11 is 0. The van der Waals surface area contributed by atoms with Gasteiger partial charge >= 0.3 is 0 Å². The highest BCUT2D eigenvalue weighted by atomic mass is 16.2. The first-order valence-corrected chi connectivity index (χ1v) is 9.36. The summed E-state index contributed by atoms with van der Waals surface area (Å²) in [4.78, 5) is 12.5. The lowest BCUT2D eigenvalue weighted by Crippen LogP contribution is -2.48. The minimum Gasteiger partial charge on any atom is -0.342 e. The lowest BCUT2D eigenvalue weighted by molar-refractivity contribution is -0.125. The Bertz CT molecular complexity index is 411. The van der Waals surface area contributed by atoms with Crippen LogP contribution in [-0.4, -0.2) is 17.4 Å². The monoisotopic (exact) mass is 305 g/mol. The number of hydrogen-bond donors (Lipinski definition) is 3. The molecule has 0 aromatic carbocycles. The second kappa shape index (κ2) is 7.01. The molecule has 0 unspecified atom stereocenters. The first-order chi connectivity index (χ1) is 10.7. The Morgan fingerprint density at radius 1 is 0.955 bits per heavy atom. The molecule has 3 rings (SSSR count). The SMILES string of the molecule is N=C1NC(=O)[C@@](CCC2CCCCC2)(CC2CCCCC2)N1. The van der Waals surface area contributed by atoms with Crippen molar-refractivity contribution in [1.82, 2.24) is 10.6 Å². The fraction of sp³-hybridized carbons (Fsp3) is 0.889. The third-order valence-corrected chi connectivity index (χ3v) is 6.10. The largest absolute Gasteiger partial charge is 0.342 e. The maximum atomic E-state index is 12.5. The molecule has 3 fully saturated rings. The van der Waals surface area contributed by atoms with Crippen LogP contribution < -0.4 is 10.6 Å². The molecule has 0 aromatic rings. The van der Waals surface area contributed by atoms with E-state index in [1.165, 1.54) is 64.2 Å². The second-order valence-corrected chi connectivity index (χ2v) is 7.79. The van der Waals surface area contributed by atoms with Crippen molar-refractivity contribution in [3.05, 3.63) is 0 Å². The second-order valence-electron chi connectivity index (χ2n) is 7.79. The number of guanidine groups is 1. The van der Waals surface area contributed by atoms with Gasteiger partial charge in [0, 0.05) is 0 Å². The van der Waals surface area contributed by atoms with E-state index in [9.17, 15) is 4.79 Å². The maximum absolute atomic E-state index is 12.5. The molecule has 1 saturated heterocycles. The molecule has 3 N–H and O–H groups in total. The number of hydrogen-bond acceptors (Lipinski definition) is 2. The van der Waals surface area contributed by atoms with Gasteiger partial charge in [-0.3, -0.25) is 15.5 Å². The Labute approximate surface area is 134 Å². The van der Waals surface area contributed by atoms with Crippen molar-refractivity contribution in [2.45, 2.75) is 89.0 Å². The van der Waals surface area contributed by atoms with E-state index < -0.39 is 5.54 Å². The van der Waals surface area contributed by atoms with Crippen LogP contribution in [0.1, 0.15) is 83.5 Å². The normalized spacial score (nSPS) is 31.1. The number of nitrogens with one attached hydrogen (secondary N) is 3. The molecule has 2 aliphatic carbocycles. The van der Waals surface area contributed by atoms with Crippen molar-refractivity contribution in [2.24, 2.45) is 11.8 Å². The summed E-state index contributed by atoms with van der Waals surface area (Å²) in [6, 6.07) is 0. The standard InChI is InChI=1S/C18H31N3O/c19-17-20-16(22)18(21-17,13-15-9-5-2-6-10-15)12-11-14-7-3-1-4-8-14/h14-15H,1-13H2,(H3,19,20,21,22)/t18-/m1/s1. The van der Waals surface area contributed by atoms with Gasteiger partial charge in [-0.15, -0.1) is 0 Å². The molecule has 1 amide bonds. The molecule has 124 valence electrons. The fourth-order valence-electron chi connectivity index (χ4n) is 4.79. The summed E-state index contributed by atoms with van der Waals surface area (Å²) in [5, 5.41) is 13.8. The van der Waals surface area contributed by atoms with Gasteiger partial charge in [-0.05, 0) is 31.1 Å². The van der Waals surface area contributed by atoms with Crippen molar-refractivity contribution in [3.63, 3.8) is 0 Å². The lowest BCUT2D eigenvalue weighted by Gasteiger charge is -2.34. The zero-order valence-corrected chi connectivity index (χ0v) is 13.8. The molecular formula is C18H31N3O. The molecule has 1 atom stereocenters. The Morgan fingerprint density at radius 3 is 2.09 bits per heavy atom. The zero-order chi connectivity index (χ0) is 15.4. The van der Waals surface area contributed by atoms with Crippen molar-refractivity contribution in [1.29, 1.82) is 5.41 Å². The van der Waals surface area contributed by atoms with E-state index in [1.54, 1.807) is 0 Å². The maximum Gasteiger partial charge on any atom is 0.252 e. The molecule has 0 spiro atoms. The molecule has 0 aromatic heterocycles. The van der Waals surface area contributed by atoms with Gasteiger partial charge in [0.05, 0.1) is 0 Å². The van der Waals surface area contributed by atoms with E-state index in [0.717, 1.165) is 25.2 Å². The molecule has 4 heteroatoms. The Hall–Kier alpha value is -1.06. The van der Waals surface area contributed by atoms with E-state index in [2.05, 4.69) is 10.6 Å². The molecule has 3 aliphatic rings. The third-order valence-electron chi connectivity index (χ3n) is 6.10. The van der Waals surface area contributed by atoms with Crippen molar-refractivity contribution >= 4 is 11.9 Å². The van der Waals surface area contributed by atoms with Crippen LogP contribution in [0.25, 0.3) is 0 Å². The van der Waals surface area contributed by atoms with E-state index >= 15 is 0 Å².